The molecule has 1 amide bonds. The van der Waals surface area contributed by atoms with E-state index in [4.69, 9.17) is 0 Å². The smallest absolute Gasteiger partial charge is 0.326 e. The third-order valence-electron chi connectivity index (χ3n) is 6.54. The molecule has 0 fully saturated rings. The molecule has 0 aromatic heterocycles. The average Bonchev–Trinajstić information content (AvgIpc) is 2.89. The Kier molecular flexibility index (Phi) is 8.44. The number of fused-ring (bicyclic) bond motifs is 1. The Hall–Kier alpha value is -3.57. The van der Waals surface area contributed by atoms with Crippen LogP contribution in [-0.2, 0) is 17.6 Å². The lowest BCUT2D eigenvalue weighted by molar-refractivity contribution is -0.139. The number of amides is 1. The number of nitrogens with one attached hydrogen (secondary N) is 1. The van der Waals surface area contributed by atoms with Gasteiger partial charge in [0.2, 0.25) is 0 Å². The third kappa shape index (κ3) is 5.97. The Balaban J connectivity index is 1.65. The molecule has 4 rings (SSSR count). The van der Waals surface area contributed by atoms with E-state index >= 15 is 0 Å². The van der Waals surface area contributed by atoms with Crippen molar-refractivity contribution in [2.75, 3.05) is 12.0 Å². The minimum Gasteiger partial charge on any atom is -0.480 e. The summed E-state index contributed by atoms with van der Waals surface area (Å²) in [5.74, 6) is -0.710. The van der Waals surface area contributed by atoms with Crippen molar-refractivity contribution in [3.63, 3.8) is 0 Å². The zero-order valence-electron chi connectivity index (χ0n) is 20.7. The van der Waals surface area contributed by atoms with Gasteiger partial charge in [-0.2, -0.15) is 11.8 Å². The van der Waals surface area contributed by atoms with Crippen molar-refractivity contribution in [3.05, 3.63) is 107 Å². The highest BCUT2D eigenvalue weighted by molar-refractivity contribution is 7.98. The van der Waals surface area contributed by atoms with E-state index in [1.807, 2.05) is 49.6 Å². The first kappa shape index (κ1) is 25.5. The van der Waals surface area contributed by atoms with E-state index < -0.39 is 12.0 Å². The van der Waals surface area contributed by atoms with E-state index in [1.54, 1.807) is 11.8 Å². The van der Waals surface area contributed by atoms with Gasteiger partial charge in [-0.25, -0.2) is 4.79 Å². The van der Waals surface area contributed by atoms with Gasteiger partial charge in [0.1, 0.15) is 6.04 Å². The molecule has 4 nitrogen and oxygen atoms in total. The van der Waals surface area contributed by atoms with E-state index in [-0.39, 0.29) is 5.91 Å². The van der Waals surface area contributed by atoms with Crippen molar-refractivity contribution >= 4 is 34.4 Å². The lowest BCUT2D eigenvalue weighted by atomic mass is 9.91. The number of rotatable bonds is 10. The molecule has 0 spiro atoms. The minimum absolute atomic E-state index is 0.359. The Morgan fingerprint density at radius 2 is 1.64 bits per heavy atom. The van der Waals surface area contributed by atoms with Crippen LogP contribution in [0.4, 0.5) is 0 Å². The van der Waals surface area contributed by atoms with Crippen LogP contribution in [0.5, 0.6) is 0 Å². The molecule has 0 bridgehead atoms. The SMILES string of the molecule is CSCCC(NC(=O)c1ccc(CCc2cccc3ccccc23)cc1-c1ccccc1C)C(=O)O. The average molecular weight is 498 g/mol. The first-order chi connectivity index (χ1) is 17.5. The summed E-state index contributed by atoms with van der Waals surface area (Å²) >= 11 is 1.56. The maximum atomic E-state index is 13.3. The fraction of sp³-hybridized carbons (Fsp3) is 0.226. The Bertz CT molecular complexity index is 1380. The normalized spacial score (nSPS) is 11.8. The van der Waals surface area contributed by atoms with Crippen LogP contribution in [0.3, 0.4) is 0 Å². The van der Waals surface area contributed by atoms with Crippen LogP contribution in [0, 0.1) is 6.92 Å². The zero-order chi connectivity index (χ0) is 25.5. The molecule has 1 unspecified atom stereocenters. The maximum absolute atomic E-state index is 13.3. The quantitative estimate of drug-likeness (QED) is 0.261. The molecule has 0 radical (unpaired) electrons. The van der Waals surface area contributed by atoms with E-state index in [0.29, 0.717) is 17.7 Å². The number of aliphatic carboxylic acids is 1. The molecule has 0 aliphatic rings. The number of hydrogen-bond donors (Lipinski definition) is 2. The second-order valence-electron chi connectivity index (χ2n) is 8.98. The van der Waals surface area contributed by atoms with Gasteiger partial charge in [0.15, 0.2) is 0 Å². The number of thioether (sulfide) groups is 1. The highest BCUT2D eigenvalue weighted by Gasteiger charge is 2.22. The summed E-state index contributed by atoms with van der Waals surface area (Å²) < 4.78 is 0. The molecule has 0 saturated carbocycles. The summed E-state index contributed by atoms with van der Waals surface area (Å²) in [4.78, 5) is 25.0. The van der Waals surface area contributed by atoms with Crippen LogP contribution in [-0.4, -0.2) is 35.0 Å². The summed E-state index contributed by atoms with van der Waals surface area (Å²) in [6.07, 6.45) is 4.02. The van der Waals surface area contributed by atoms with Gasteiger partial charge in [-0.3, -0.25) is 4.79 Å². The molecule has 2 N–H and O–H groups in total. The molecule has 5 heteroatoms. The van der Waals surface area contributed by atoms with Gasteiger partial charge in [-0.05, 0) is 82.9 Å². The number of carbonyl (C=O) groups excluding carboxylic acids is 1. The Morgan fingerprint density at radius 3 is 2.42 bits per heavy atom. The second kappa shape index (κ2) is 11.9. The van der Waals surface area contributed by atoms with Crippen molar-refractivity contribution in [1.82, 2.24) is 5.32 Å². The number of carbonyl (C=O) groups is 2. The monoisotopic (exact) mass is 497 g/mol. The van der Waals surface area contributed by atoms with Gasteiger partial charge in [-0.1, -0.05) is 78.9 Å². The molecule has 184 valence electrons. The molecule has 36 heavy (non-hydrogen) atoms. The molecule has 4 aromatic rings. The van der Waals surface area contributed by atoms with Crippen LogP contribution in [0.25, 0.3) is 21.9 Å². The highest BCUT2D eigenvalue weighted by atomic mass is 32.2. The third-order valence-corrected chi connectivity index (χ3v) is 7.18. The topological polar surface area (TPSA) is 66.4 Å². The number of hydrogen-bond acceptors (Lipinski definition) is 3. The number of benzene rings is 4. The summed E-state index contributed by atoms with van der Waals surface area (Å²) in [6.45, 7) is 2.03. The molecular weight excluding hydrogens is 466 g/mol. The van der Waals surface area contributed by atoms with Crippen LogP contribution in [0.15, 0.2) is 84.9 Å². The van der Waals surface area contributed by atoms with Crippen molar-refractivity contribution in [2.45, 2.75) is 32.2 Å². The van der Waals surface area contributed by atoms with E-state index in [9.17, 15) is 14.7 Å². The van der Waals surface area contributed by atoms with Crippen molar-refractivity contribution in [1.29, 1.82) is 0 Å². The molecule has 0 heterocycles. The lowest BCUT2D eigenvalue weighted by Gasteiger charge is -2.18. The van der Waals surface area contributed by atoms with Crippen LogP contribution < -0.4 is 5.32 Å². The van der Waals surface area contributed by atoms with Gasteiger partial charge in [-0.15, -0.1) is 0 Å². The number of aryl methyl sites for hydroxylation is 3. The van der Waals surface area contributed by atoms with Gasteiger partial charge < -0.3 is 10.4 Å². The van der Waals surface area contributed by atoms with Gasteiger partial charge >= 0.3 is 5.97 Å². The Morgan fingerprint density at radius 1 is 0.889 bits per heavy atom. The van der Waals surface area contributed by atoms with E-state index in [0.717, 1.165) is 35.1 Å². The summed E-state index contributed by atoms with van der Waals surface area (Å²) in [6, 6.07) is 27.8. The van der Waals surface area contributed by atoms with Gasteiger partial charge in [0.05, 0.1) is 0 Å². The first-order valence-corrected chi connectivity index (χ1v) is 13.6. The fourth-order valence-corrected chi connectivity index (χ4v) is 5.03. The Labute approximate surface area is 216 Å². The molecule has 4 aromatic carbocycles. The molecule has 1 atom stereocenters. The zero-order valence-corrected chi connectivity index (χ0v) is 21.5. The largest absolute Gasteiger partial charge is 0.480 e. The molecule has 0 aliphatic carbocycles. The van der Waals surface area contributed by atoms with Crippen LogP contribution in [0.2, 0.25) is 0 Å². The standard InChI is InChI=1S/C31H31NO3S/c1-21-8-3-5-12-25(21)28-20-22(14-16-24-11-7-10-23-9-4-6-13-26(23)24)15-17-27(28)30(33)32-29(31(34)35)18-19-36-2/h3-13,15,17,20,29H,14,16,18-19H2,1-2H3,(H,32,33)(H,34,35). The summed E-state index contributed by atoms with van der Waals surface area (Å²) in [7, 11) is 0. The maximum Gasteiger partial charge on any atom is 0.326 e. The van der Waals surface area contributed by atoms with Crippen molar-refractivity contribution in [2.24, 2.45) is 0 Å². The first-order valence-electron chi connectivity index (χ1n) is 12.2. The van der Waals surface area contributed by atoms with Crippen LogP contribution in [0.1, 0.15) is 33.5 Å². The highest BCUT2D eigenvalue weighted by Crippen LogP contribution is 2.29. The predicted molar refractivity (Wildman–Crippen MR) is 150 cm³/mol. The van der Waals surface area contributed by atoms with Gasteiger partial charge in [0.25, 0.3) is 5.91 Å². The van der Waals surface area contributed by atoms with Crippen molar-refractivity contribution in [3.8, 4) is 11.1 Å². The number of carboxylic acid groups (broad SMARTS) is 1. The van der Waals surface area contributed by atoms with Crippen molar-refractivity contribution < 1.29 is 14.7 Å². The van der Waals surface area contributed by atoms with Crippen LogP contribution >= 0.6 is 11.8 Å². The summed E-state index contributed by atoms with van der Waals surface area (Å²) in [5, 5.41) is 14.8. The molecular formula is C31H31NO3S. The lowest BCUT2D eigenvalue weighted by Crippen LogP contribution is -2.41. The second-order valence-corrected chi connectivity index (χ2v) is 9.96. The van der Waals surface area contributed by atoms with E-state index in [2.05, 4.69) is 53.8 Å². The number of carboxylic acids is 1. The summed E-state index contributed by atoms with van der Waals surface area (Å²) in [5.41, 5.74) is 5.80. The van der Waals surface area contributed by atoms with Gasteiger partial charge in [0, 0.05) is 5.56 Å². The fourth-order valence-electron chi connectivity index (χ4n) is 4.56. The predicted octanol–water partition coefficient (Wildman–Crippen LogP) is 6.54. The van der Waals surface area contributed by atoms with E-state index in [1.165, 1.54) is 16.3 Å². The minimum atomic E-state index is -1.01. The molecule has 0 aliphatic heterocycles. The molecule has 0 saturated heterocycles.